The lowest BCUT2D eigenvalue weighted by Crippen LogP contribution is -2.21. The highest BCUT2D eigenvalue weighted by molar-refractivity contribution is 6.05. The molecule has 4 heterocycles. The number of anilines is 1. The zero-order chi connectivity index (χ0) is 22.5. The Morgan fingerprint density at radius 2 is 1.94 bits per heavy atom. The van der Waals surface area contributed by atoms with Gasteiger partial charge in [-0.2, -0.15) is 23.4 Å². The van der Waals surface area contributed by atoms with Gasteiger partial charge in [-0.3, -0.25) is 9.59 Å². The standard InChI is InChI=1S/C20H12F3N7O2/c21-20(22,23)17-14(19(32)28-11-5-7-29-16(8-11)25-10-27-29)9-26-30(17)15-3-1-2-13-12(15)4-6-24-18(13)31/h1-10H,(H,24,31)(H,28,32). The van der Waals surface area contributed by atoms with E-state index in [9.17, 15) is 22.8 Å². The monoisotopic (exact) mass is 439 g/mol. The van der Waals surface area contributed by atoms with Gasteiger partial charge in [-0.1, -0.05) is 6.07 Å². The fourth-order valence-corrected chi connectivity index (χ4v) is 3.45. The van der Waals surface area contributed by atoms with Crippen molar-refractivity contribution < 1.29 is 18.0 Å². The number of carbonyl (C=O) groups excluding carboxylic acids is 1. The topological polar surface area (TPSA) is 110 Å². The van der Waals surface area contributed by atoms with Gasteiger partial charge in [0, 0.05) is 34.9 Å². The second kappa shape index (κ2) is 7.04. The van der Waals surface area contributed by atoms with E-state index >= 15 is 0 Å². The van der Waals surface area contributed by atoms with Crippen molar-refractivity contribution in [2.24, 2.45) is 0 Å². The van der Waals surface area contributed by atoms with Crippen molar-refractivity contribution in [2.45, 2.75) is 6.18 Å². The van der Waals surface area contributed by atoms with Crippen LogP contribution in [0.1, 0.15) is 16.1 Å². The Bertz CT molecular complexity index is 1550. The number of fused-ring (bicyclic) bond motifs is 2. The third kappa shape index (κ3) is 3.17. The summed E-state index contributed by atoms with van der Waals surface area (Å²) in [6, 6.07) is 8.76. The van der Waals surface area contributed by atoms with Gasteiger partial charge in [0.05, 0.1) is 17.4 Å². The molecule has 0 radical (unpaired) electrons. The van der Waals surface area contributed by atoms with Crippen LogP contribution >= 0.6 is 0 Å². The highest BCUT2D eigenvalue weighted by Gasteiger charge is 2.41. The van der Waals surface area contributed by atoms with Crippen molar-refractivity contribution >= 4 is 28.0 Å². The first-order valence-electron chi connectivity index (χ1n) is 9.20. The molecular weight excluding hydrogens is 427 g/mol. The molecule has 0 saturated carbocycles. The normalized spacial score (nSPS) is 11.8. The predicted octanol–water partition coefficient (Wildman–Crippen LogP) is 3.03. The van der Waals surface area contributed by atoms with Crippen LogP contribution in [0.15, 0.2) is 66.1 Å². The number of hydrogen-bond acceptors (Lipinski definition) is 5. The molecule has 1 amide bonds. The molecule has 32 heavy (non-hydrogen) atoms. The Morgan fingerprint density at radius 3 is 2.75 bits per heavy atom. The summed E-state index contributed by atoms with van der Waals surface area (Å²) in [5, 5.41) is 10.6. The van der Waals surface area contributed by atoms with Crippen LogP contribution in [0.4, 0.5) is 18.9 Å². The first-order chi connectivity index (χ1) is 15.3. The molecule has 4 aromatic heterocycles. The SMILES string of the molecule is O=C(Nc1ccn2ncnc2c1)c1cnn(-c2cccc3c(=O)[nH]ccc23)c1C(F)(F)F. The molecule has 9 nitrogen and oxygen atoms in total. The smallest absolute Gasteiger partial charge is 0.329 e. The van der Waals surface area contributed by atoms with Crippen LogP contribution in [-0.4, -0.2) is 35.3 Å². The first kappa shape index (κ1) is 19.5. The van der Waals surface area contributed by atoms with Crippen molar-refractivity contribution in [3.8, 4) is 5.69 Å². The fraction of sp³-hybridized carbons (Fsp3) is 0.0500. The van der Waals surface area contributed by atoms with Crippen LogP contribution in [0.3, 0.4) is 0 Å². The van der Waals surface area contributed by atoms with E-state index in [-0.39, 0.29) is 22.1 Å². The fourth-order valence-electron chi connectivity index (χ4n) is 3.45. The Balaban J connectivity index is 1.61. The molecule has 0 aliphatic heterocycles. The third-order valence-corrected chi connectivity index (χ3v) is 4.84. The van der Waals surface area contributed by atoms with Crippen LogP contribution in [0.2, 0.25) is 0 Å². The van der Waals surface area contributed by atoms with E-state index in [0.29, 0.717) is 10.3 Å². The molecule has 0 aliphatic carbocycles. The van der Waals surface area contributed by atoms with Gasteiger partial charge in [0.15, 0.2) is 11.3 Å². The second-order valence-electron chi connectivity index (χ2n) is 6.79. The summed E-state index contributed by atoms with van der Waals surface area (Å²) in [5.74, 6) is -0.995. The summed E-state index contributed by atoms with van der Waals surface area (Å²) < 4.78 is 44.2. The minimum Gasteiger partial charge on any atom is -0.329 e. The predicted molar refractivity (Wildman–Crippen MR) is 108 cm³/mol. The maximum Gasteiger partial charge on any atom is 0.434 e. The van der Waals surface area contributed by atoms with Gasteiger partial charge >= 0.3 is 6.18 Å². The number of benzene rings is 1. The van der Waals surface area contributed by atoms with Crippen LogP contribution in [0.25, 0.3) is 22.1 Å². The zero-order valence-electron chi connectivity index (χ0n) is 16.0. The molecule has 0 bridgehead atoms. The van der Waals surface area contributed by atoms with E-state index in [1.807, 2.05) is 0 Å². The molecule has 160 valence electrons. The molecule has 5 aromatic rings. The molecule has 5 rings (SSSR count). The van der Waals surface area contributed by atoms with Gasteiger partial charge < -0.3 is 10.3 Å². The number of H-pyrrole nitrogens is 1. The Hall–Kier alpha value is -4.48. The second-order valence-corrected chi connectivity index (χ2v) is 6.79. The van der Waals surface area contributed by atoms with Crippen molar-refractivity contribution in [3.63, 3.8) is 0 Å². The number of aromatic amines is 1. The van der Waals surface area contributed by atoms with Gasteiger partial charge in [0.25, 0.3) is 11.5 Å². The molecule has 12 heteroatoms. The maximum absolute atomic E-state index is 14.0. The van der Waals surface area contributed by atoms with Gasteiger partial charge in [0.1, 0.15) is 6.33 Å². The van der Waals surface area contributed by atoms with Crippen LogP contribution < -0.4 is 10.9 Å². The van der Waals surface area contributed by atoms with E-state index in [0.717, 1.165) is 6.20 Å². The van der Waals surface area contributed by atoms with Crippen LogP contribution in [-0.2, 0) is 6.18 Å². The highest BCUT2D eigenvalue weighted by atomic mass is 19.4. The summed E-state index contributed by atoms with van der Waals surface area (Å²) in [6.07, 6.45) is 0.101. The minimum atomic E-state index is -4.90. The molecule has 0 aliphatic rings. The number of pyridine rings is 2. The van der Waals surface area contributed by atoms with Crippen LogP contribution in [0, 0.1) is 0 Å². The number of alkyl halides is 3. The number of rotatable bonds is 3. The summed E-state index contributed by atoms with van der Waals surface area (Å²) in [6.45, 7) is 0. The van der Waals surface area contributed by atoms with Crippen molar-refractivity contribution in [3.05, 3.63) is 82.9 Å². The Labute approximate surface area is 176 Å². The van der Waals surface area contributed by atoms with E-state index in [1.165, 1.54) is 59.6 Å². The van der Waals surface area contributed by atoms with Crippen LogP contribution in [0.5, 0.6) is 0 Å². The molecule has 0 fully saturated rings. The van der Waals surface area contributed by atoms with Crippen molar-refractivity contribution in [1.82, 2.24) is 29.4 Å². The minimum absolute atomic E-state index is 0.0184. The average molecular weight is 439 g/mol. The molecule has 0 atom stereocenters. The van der Waals surface area contributed by atoms with E-state index in [1.54, 1.807) is 0 Å². The van der Waals surface area contributed by atoms with E-state index < -0.39 is 28.9 Å². The molecule has 2 N–H and O–H groups in total. The summed E-state index contributed by atoms with van der Waals surface area (Å²) in [7, 11) is 0. The number of aromatic nitrogens is 6. The van der Waals surface area contributed by atoms with Gasteiger partial charge in [0.2, 0.25) is 0 Å². The number of nitrogens with zero attached hydrogens (tertiary/aromatic N) is 5. The largest absolute Gasteiger partial charge is 0.434 e. The van der Waals surface area contributed by atoms with Gasteiger partial charge in [-0.15, -0.1) is 0 Å². The van der Waals surface area contributed by atoms with Gasteiger partial charge in [-0.25, -0.2) is 14.2 Å². The Kier molecular flexibility index (Phi) is 4.29. The number of carbonyl (C=O) groups is 1. The van der Waals surface area contributed by atoms with Crippen molar-refractivity contribution in [2.75, 3.05) is 5.32 Å². The molecule has 0 spiro atoms. The van der Waals surface area contributed by atoms with Crippen molar-refractivity contribution in [1.29, 1.82) is 0 Å². The highest BCUT2D eigenvalue weighted by Crippen LogP contribution is 2.35. The maximum atomic E-state index is 14.0. The lowest BCUT2D eigenvalue weighted by molar-refractivity contribution is -0.143. The quantitative estimate of drug-likeness (QED) is 0.449. The molecular formula is C20H12F3N7O2. The number of amides is 1. The lowest BCUT2D eigenvalue weighted by atomic mass is 10.1. The average Bonchev–Trinajstić information content (AvgIpc) is 3.40. The number of nitrogens with one attached hydrogen (secondary N) is 2. The summed E-state index contributed by atoms with van der Waals surface area (Å²) >= 11 is 0. The summed E-state index contributed by atoms with van der Waals surface area (Å²) in [4.78, 5) is 31.3. The molecule has 0 saturated heterocycles. The first-order valence-corrected chi connectivity index (χ1v) is 9.20. The number of halogens is 3. The zero-order valence-corrected chi connectivity index (χ0v) is 16.0. The lowest BCUT2D eigenvalue weighted by Gasteiger charge is -2.14. The van der Waals surface area contributed by atoms with E-state index in [2.05, 4.69) is 25.5 Å². The Morgan fingerprint density at radius 1 is 1.09 bits per heavy atom. The molecule has 0 unspecified atom stereocenters. The third-order valence-electron chi connectivity index (χ3n) is 4.84. The van der Waals surface area contributed by atoms with Gasteiger partial charge in [-0.05, 0) is 24.3 Å². The molecule has 1 aromatic carbocycles. The van der Waals surface area contributed by atoms with E-state index in [4.69, 9.17) is 0 Å². The number of hydrogen-bond donors (Lipinski definition) is 2. The summed E-state index contributed by atoms with van der Waals surface area (Å²) in [5.41, 5.74) is -1.70.